The molecule has 0 unspecified atom stereocenters. The molecule has 1 aromatic heterocycles. The van der Waals surface area contributed by atoms with Crippen molar-refractivity contribution in [3.63, 3.8) is 0 Å². The topological polar surface area (TPSA) is 85.7 Å². The molecule has 39 heavy (non-hydrogen) atoms. The molecule has 0 atom stereocenters. The first-order valence-electron chi connectivity index (χ1n) is 12.8. The van der Waals surface area contributed by atoms with Crippen molar-refractivity contribution in [3.05, 3.63) is 90.1 Å². The minimum Gasteiger partial charge on any atom is -0.497 e. The van der Waals surface area contributed by atoms with Gasteiger partial charge in [-0.15, -0.1) is 0 Å². The van der Waals surface area contributed by atoms with E-state index in [1.165, 1.54) is 0 Å². The fourth-order valence-corrected chi connectivity index (χ4v) is 4.19. The van der Waals surface area contributed by atoms with E-state index in [4.69, 9.17) is 14.5 Å². The van der Waals surface area contributed by atoms with Crippen LogP contribution in [0.3, 0.4) is 0 Å². The van der Waals surface area contributed by atoms with E-state index in [9.17, 15) is 9.59 Å². The van der Waals surface area contributed by atoms with Crippen LogP contribution in [-0.4, -0.2) is 53.6 Å². The summed E-state index contributed by atoms with van der Waals surface area (Å²) in [5, 5.41) is 2.94. The molecule has 0 saturated heterocycles. The van der Waals surface area contributed by atoms with Gasteiger partial charge in [0.15, 0.2) is 0 Å². The number of imidazole rings is 1. The minimum absolute atomic E-state index is 0.109. The summed E-state index contributed by atoms with van der Waals surface area (Å²) >= 11 is 0. The second-order valence-electron chi connectivity index (χ2n) is 9.74. The quantitative estimate of drug-likeness (QED) is 0.291. The highest BCUT2D eigenvalue weighted by molar-refractivity contribution is 5.99. The summed E-state index contributed by atoms with van der Waals surface area (Å²) in [7, 11) is 3.20. The van der Waals surface area contributed by atoms with E-state index in [1.54, 1.807) is 43.4 Å². The molecule has 202 valence electrons. The van der Waals surface area contributed by atoms with Crippen LogP contribution in [0.5, 0.6) is 11.5 Å². The first-order chi connectivity index (χ1) is 18.8. The number of ether oxygens (including phenoxy) is 2. The summed E-state index contributed by atoms with van der Waals surface area (Å²) in [6, 6.07) is 22.4. The average Bonchev–Trinajstić information content (AvgIpc) is 3.36. The van der Waals surface area contributed by atoms with Crippen molar-refractivity contribution >= 4 is 17.8 Å². The summed E-state index contributed by atoms with van der Waals surface area (Å²) in [6.07, 6.45) is 1.89. The molecular formula is C31H34N4O4. The molecule has 0 aliphatic carbocycles. The molecule has 3 aromatic carbocycles. The number of aryl methyl sites for hydroxylation is 1. The van der Waals surface area contributed by atoms with E-state index in [1.807, 2.05) is 80.1 Å². The molecule has 4 aromatic rings. The van der Waals surface area contributed by atoms with Crippen LogP contribution < -0.4 is 14.8 Å². The Balaban J connectivity index is 1.60. The number of benzene rings is 3. The summed E-state index contributed by atoms with van der Waals surface area (Å²) in [5.74, 6) is 1.40. The zero-order chi connectivity index (χ0) is 27.9. The van der Waals surface area contributed by atoms with Gasteiger partial charge in [-0.2, -0.15) is 0 Å². The Morgan fingerprint density at radius 3 is 2.05 bits per heavy atom. The van der Waals surface area contributed by atoms with Crippen LogP contribution in [0, 0.1) is 12.8 Å². The zero-order valence-corrected chi connectivity index (χ0v) is 23.0. The third-order valence-corrected chi connectivity index (χ3v) is 6.20. The van der Waals surface area contributed by atoms with Gasteiger partial charge in [-0.05, 0) is 73.5 Å². The lowest BCUT2D eigenvalue weighted by atomic mass is 10.1. The number of nitrogens with zero attached hydrogens (tertiary/aromatic N) is 3. The van der Waals surface area contributed by atoms with Crippen molar-refractivity contribution in [2.24, 2.45) is 5.92 Å². The highest BCUT2D eigenvalue weighted by Crippen LogP contribution is 2.26. The molecule has 1 N–H and O–H groups in total. The standard InChI is InChI=1S/C31H34N4O4/c1-21(2)18-34(30(37)24-10-16-27(39-5)17-11-24)20-29(36)33-31-32-28(23-8-14-26(38-4)15-9-23)19-35(31)25-12-6-22(3)7-13-25/h6-17,19,21H,18,20H2,1-5H3,(H,32,33,36). The Bertz CT molecular complexity index is 1410. The SMILES string of the molecule is COc1ccc(C(=O)N(CC(=O)Nc2nc(-c3ccc(OC)cc3)cn2-c2ccc(C)cc2)CC(C)C)cc1. The monoisotopic (exact) mass is 526 g/mol. The van der Waals surface area contributed by atoms with Crippen LogP contribution in [-0.2, 0) is 4.79 Å². The molecule has 8 nitrogen and oxygen atoms in total. The maximum Gasteiger partial charge on any atom is 0.254 e. The summed E-state index contributed by atoms with van der Waals surface area (Å²) < 4.78 is 12.3. The van der Waals surface area contributed by atoms with E-state index in [-0.39, 0.29) is 24.3 Å². The smallest absolute Gasteiger partial charge is 0.254 e. The molecule has 0 spiro atoms. The van der Waals surface area contributed by atoms with Crippen molar-refractivity contribution in [1.82, 2.24) is 14.5 Å². The predicted octanol–water partition coefficient (Wildman–Crippen LogP) is 5.60. The molecule has 4 rings (SSSR count). The molecule has 1 heterocycles. The molecule has 8 heteroatoms. The third kappa shape index (κ3) is 6.84. The Morgan fingerprint density at radius 2 is 1.49 bits per heavy atom. The Kier molecular flexibility index (Phi) is 8.66. The largest absolute Gasteiger partial charge is 0.497 e. The maximum atomic E-state index is 13.3. The number of amides is 2. The number of aromatic nitrogens is 2. The summed E-state index contributed by atoms with van der Waals surface area (Å²) in [6.45, 7) is 6.37. The van der Waals surface area contributed by atoms with E-state index in [0.29, 0.717) is 29.5 Å². The van der Waals surface area contributed by atoms with Gasteiger partial charge in [0.2, 0.25) is 11.9 Å². The zero-order valence-electron chi connectivity index (χ0n) is 23.0. The minimum atomic E-state index is -0.335. The first-order valence-corrected chi connectivity index (χ1v) is 12.8. The van der Waals surface area contributed by atoms with Gasteiger partial charge >= 0.3 is 0 Å². The first kappa shape index (κ1) is 27.4. The lowest BCUT2D eigenvalue weighted by Crippen LogP contribution is -2.40. The van der Waals surface area contributed by atoms with Crippen molar-refractivity contribution < 1.29 is 19.1 Å². The predicted molar refractivity (Wildman–Crippen MR) is 153 cm³/mol. The molecular weight excluding hydrogens is 492 g/mol. The molecule has 0 fully saturated rings. The van der Waals surface area contributed by atoms with Crippen molar-refractivity contribution in [2.45, 2.75) is 20.8 Å². The average molecular weight is 527 g/mol. The highest BCUT2D eigenvalue weighted by atomic mass is 16.5. The molecule has 2 amide bonds. The number of methoxy groups -OCH3 is 2. The number of hydrogen-bond donors (Lipinski definition) is 1. The van der Waals surface area contributed by atoms with Gasteiger partial charge in [0.25, 0.3) is 5.91 Å². The van der Waals surface area contributed by atoms with Crippen LogP contribution in [0.15, 0.2) is 79.0 Å². The lowest BCUT2D eigenvalue weighted by molar-refractivity contribution is -0.117. The van der Waals surface area contributed by atoms with Crippen LogP contribution in [0.2, 0.25) is 0 Å². The molecule has 0 bridgehead atoms. The number of hydrogen-bond acceptors (Lipinski definition) is 5. The van der Waals surface area contributed by atoms with Crippen LogP contribution in [0.4, 0.5) is 5.95 Å². The second kappa shape index (κ2) is 12.3. The van der Waals surface area contributed by atoms with E-state index < -0.39 is 0 Å². The molecule has 0 radical (unpaired) electrons. The van der Waals surface area contributed by atoms with Gasteiger partial charge in [0.1, 0.15) is 18.0 Å². The van der Waals surface area contributed by atoms with Gasteiger partial charge < -0.3 is 14.4 Å². The lowest BCUT2D eigenvalue weighted by Gasteiger charge is -2.24. The fourth-order valence-electron chi connectivity index (χ4n) is 4.19. The Labute approximate surface area is 229 Å². The van der Waals surface area contributed by atoms with Gasteiger partial charge in [-0.25, -0.2) is 4.98 Å². The molecule has 0 aliphatic heterocycles. The number of carbonyl (C=O) groups excluding carboxylic acids is 2. The van der Waals surface area contributed by atoms with Crippen LogP contribution >= 0.6 is 0 Å². The fraction of sp³-hybridized carbons (Fsp3) is 0.258. The van der Waals surface area contributed by atoms with Gasteiger partial charge in [0.05, 0.1) is 19.9 Å². The van der Waals surface area contributed by atoms with Crippen LogP contribution in [0.25, 0.3) is 16.9 Å². The third-order valence-electron chi connectivity index (χ3n) is 6.20. The van der Waals surface area contributed by atoms with Crippen molar-refractivity contribution in [3.8, 4) is 28.4 Å². The van der Waals surface area contributed by atoms with Crippen LogP contribution in [0.1, 0.15) is 29.8 Å². The van der Waals surface area contributed by atoms with Gasteiger partial charge in [0, 0.05) is 29.6 Å². The van der Waals surface area contributed by atoms with Gasteiger partial charge in [-0.1, -0.05) is 31.5 Å². The normalized spacial score (nSPS) is 10.8. The van der Waals surface area contributed by atoms with E-state index in [2.05, 4.69) is 5.32 Å². The Hall–Kier alpha value is -4.59. The number of nitrogens with one attached hydrogen (secondary N) is 1. The number of rotatable bonds is 10. The highest BCUT2D eigenvalue weighted by Gasteiger charge is 2.22. The molecule has 0 aliphatic rings. The second-order valence-corrected chi connectivity index (χ2v) is 9.74. The number of anilines is 1. The van der Waals surface area contributed by atoms with Crippen molar-refractivity contribution in [1.29, 1.82) is 0 Å². The van der Waals surface area contributed by atoms with E-state index >= 15 is 0 Å². The van der Waals surface area contributed by atoms with E-state index in [0.717, 1.165) is 22.6 Å². The Morgan fingerprint density at radius 1 is 0.897 bits per heavy atom. The summed E-state index contributed by atoms with van der Waals surface area (Å²) in [4.78, 5) is 32.9. The van der Waals surface area contributed by atoms with Gasteiger partial charge in [-0.3, -0.25) is 19.5 Å². The summed E-state index contributed by atoms with van der Waals surface area (Å²) in [5.41, 5.74) is 4.06. The van der Waals surface area contributed by atoms with Crippen molar-refractivity contribution in [2.75, 3.05) is 32.6 Å². The number of carbonyl (C=O) groups is 2. The molecule has 0 saturated carbocycles. The maximum absolute atomic E-state index is 13.3.